The normalized spacial score (nSPS) is 11.2. The summed E-state index contributed by atoms with van der Waals surface area (Å²) in [7, 11) is 0. The largest absolute Gasteiger partial charge is 0.480 e. The molecular weight excluding hydrogens is 194 g/mol. The zero-order valence-electron chi connectivity index (χ0n) is 6.38. The van der Waals surface area contributed by atoms with Gasteiger partial charge in [-0.15, -0.1) is 0 Å². The van der Waals surface area contributed by atoms with Gasteiger partial charge in [-0.25, -0.2) is 0 Å². The Hall–Kier alpha value is -0.520. The second-order valence-electron chi connectivity index (χ2n) is 1.92. The zero-order valence-corrected chi connectivity index (χ0v) is 8.09. The first-order chi connectivity index (χ1) is 5.68. The van der Waals surface area contributed by atoms with E-state index in [2.05, 4.69) is 12.6 Å². The van der Waals surface area contributed by atoms with E-state index in [0.717, 1.165) is 0 Å². The van der Waals surface area contributed by atoms with Gasteiger partial charge in [-0.05, 0) is 10.8 Å². The summed E-state index contributed by atoms with van der Waals surface area (Å²) in [6.07, 6.45) is 0. The molecule has 0 bridgehead atoms. The predicted molar refractivity (Wildman–Crippen MR) is 53.8 cm³/mol. The molecule has 0 saturated carbocycles. The second kappa shape index (κ2) is 7.15. The van der Waals surface area contributed by atoms with Crippen LogP contribution in [0.25, 0.3) is 0 Å². The van der Waals surface area contributed by atoms with Gasteiger partial charge < -0.3 is 10.8 Å². The summed E-state index contributed by atoms with van der Waals surface area (Å²) in [5.41, 5.74) is 4.94. The Morgan fingerprint density at radius 2 is 2.08 bits per heavy atom. The van der Waals surface area contributed by atoms with Gasteiger partial charge >= 0.3 is 5.97 Å². The van der Waals surface area contributed by atoms with Crippen LogP contribution in [0.3, 0.4) is 0 Å². The third-order valence-electron chi connectivity index (χ3n) is 0.939. The van der Waals surface area contributed by atoms with E-state index in [1.807, 2.05) is 22.9 Å². The van der Waals surface area contributed by atoms with Crippen LogP contribution in [0.1, 0.15) is 0 Å². The summed E-state index contributed by atoms with van der Waals surface area (Å²) < 4.78 is 0. The Labute approximate surface area is 80.6 Å². The van der Waals surface area contributed by atoms with Gasteiger partial charge in [0.05, 0.1) is 0 Å². The number of thiol groups is 1. The molecule has 1 rings (SSSR count). The first-order valence-electron chi connectivity index (χ1n) is 3.25. The van der Waals surface area contributed by atoms with Gasteiger partial charge in [0.25, 0.3) is 0 Å². The maximum Gasteiger partial charge on any atom is 0.321 e. The highest BCUT2D eigenvalue weighted by molar-refractivity contribution is 7.80. The van der Waals surface area contributed by atoms with Crippen molar-refractivity contribution in [2.24, 2.45) is 5.73 Å². The van der Waals surface area contributed by atoms with Crippen molar-refractivity contribution >= 4 is 29.9 Å². The summed E-state index contributed by atoms with van der Waals surface area (Å²) in [6, 6.07) is 3.22. The van der Waals surface area contributed by atoms with Crippen LogP contribution in [0.5, 0.6) is 0 Å². The summed E-state index contributed by atoms with van der Waals surface area (Å²) in [5, 5.41) is 12.1. The van der Waals surface area contributed by atoms with Crippen molar-refractivity contribution in [3.05, 3.63) is 22.9 Å². The van der Waals surface area contributed by atoms with E-state index in [4.69, 9.17) is 10.8 Å². The number of hydrogen-bond acceptors (Lipinski definition) is 4. The van der Waals surface area contributed by atoms with Gasteiger partial charge in [0.2, 0.25) is 0 Å². The summed E-state index contributed by atoms with van der Waals surface area (Å²) >= 11 is 5.36. The van der Waals surface area contributed by atoms with Crippen molar-refractivity contribution in [3.63, 3.8) is 0 Å². The van der Waals surface area contributed by atoms with Crippen LogP contribution in [0.4, 0.5) is 0 Å². The van der Waals surface area contributed by atoms with Crippen molar-refractivity contribution in [1.29, 1.82) is 0 Å². The predicted octanol–water partition coefficient (Wildman–Crippen LogP) is 1.08. The Morgan fingerprint density at radius 1 is 1.58 bits per heavy atom. The fourth-order valence-corrected chi connectivity index (χ4v) is 0.915. The lowest BCUT2D eigenvalue weighted by molar-refractivity contribution is -0.137. The first kappa shape index (κ1) is 11.5. The molecule has 0 unspecified atom stereocenters. The fourth-order valence-electron chi connectivity index (χ4n) is 0.305. The molecule has 0 aliphatic rings. The van der Waals surface area contributed by atoms with Gasteiger partial charge in [-0.3, -0.25) is 4.79 Å². The number of thiophene rings is 1. The van der Waals surface area contributed by atoms with Crippen molar-refractivity contribution in [2.45, 2.75) is 6.04 Å². The topological polar surface area (TPSA) is 63.3 Å². The second-order valence-corrected chi connectivity index (χ2v) is 3.10. The van der Waals surface area contributed by atoms with Crippen molar-refractivity contribution in [3.8, 4) is 0 Å². The van der Waals surface area contributed by atoms with Crippen LogP contribution in [0.15, 0.2) is 22.9 Å². The quantitative estimate of drug-likeness (QED) is 0.633. The Kier molecular flexibility index (Phi) is 6.84. The molecule has 0 aliphatic carbocycles. The van der Waals surface area contributed by atoms with Crippen LogP contribution in [0, 0.1) is 0 Å². The number of nitrogens with two attached hydrogens (primary N) is 1. The van der Waals surface area contributed by atoms with Crippen LogP contribution in [-0.4, -0.2) is 22.9 Å². The van der Waals surface area contributed by atoms with E-state index < -0.39 is 12.0 Å². The third kappa shape index (κ3) is 6.21. The minimum absolute atomic E-state index is 0.190. The number of hydrogen-bond donors (Lipinski definition) is 3. The first-order valence-corrected chi connectivity index (χ1v) is 4.82. The number of carboxylic acids is 1. The van der Waals surface area contributed by atoms with E-state index in [1.54, 1.807) is 11.3 Å². The van der Waals surface area contributed by atoms with Crippen LogP contribution >= 0.6 is 24.0 Å². The molecule has 0 aromatic carbocycles. The molecule has 0 radical (unpaired) electrons. The maximum atomic E-state index is 9.76. The van der Waals surface area contributed by atoms with Gasteiger partial charge in [-0.2, -0.15) is 24.0 Å². The smallest absolute Gasteiger partial charge is 0.321 e. The van der Waals surface area contributed by atoms with Gasteiger partial charge in [0.15, 0.2) is 0 Å². The Balaban J connectivity index is 0.000000211. The highest BCUT2D eigenvalue weighted by atomic mass is 32.1. The van der Waals surface area contributed by atoms with E-state index in [1.165, 1.54) is 0 Å². The highest BCUT2D eigenvalue weighted by Gasteiger charge is 2.06. The molecule has 0 amide bonds. The third-order valence-corrected chi connectivity index (χ3v) is 1.96. The molecule has 3 nitrogen and oxygen atoms in total. The molecule has 1 heterocycles. The highest BCUT2D eigenvalue weighted by Crippen LogP contribution is 1.91. The lowest BCUT2D eigenvalue weighted by Crippen LogP contribution is -2.31. The van der Waals surface area contributed by atoms with E-state index in [0.29, 0.717) is 0 Å². The zero-order chi connectivity index (χ0) is 9.40. The number of rotatable bonds is 2. The van der Waals surface area contributed by atoms with Gasteiger partial charge in [-0.1, -0.05) is 12.1 Å². The van der Waals surface area contributed by atoms with Crippen molar-refractivity contribution in [2.75, 3.05) is 5.75 Å². The van der Waals surface area contributed by atoms with Crippen molar-refractivity contribution < 1.29 is 9.90 Å². The van der Waals surface area contributed by atoms with E-state index >= 15 is 0 Å². The summed E-state index contributed by atoms with van der Waals surface area (Å²) in [6.45, 7) is 0. The molecule has 0 saturated heterocycles. The van der Waals surface area contributed by atoms with Crippen LogP contribution in [0.2, 0.25) is 0 Å². The van der Waals surface area contributed by atoms with Crippen LogP contribution < -0.4 is 5.73 Å². The standard InChI is InChI=1S/C4H4S.C3H7NO2S/c1-2-4-5-3-1;4-2(1-7)3(5)6/h1-4H;2,7H,1,4H2,(H,5,6)/t;2-/m.0/s1. The van der Waals surface area contributed by atoms with E-state index in [9.17, 15) is 4.79 Å². The summed E-state index contributed by atoms with van der Waals surface area (Å²) in [4.78, 5) is 9.76. The average molecular weight is 205 g/mol. The molecule has 1 aromatic heterocycles. The SMILES string of the molecule is N[C@@H](CS)C(=O)O.c1ccsc1. The lowest BCUT2D eigenvalue weighted by atomic mass is 10.4. The molecule has 0 aliphatic heterocycles. The summed E-state index contributed by atoms with van der Waals surface area (Å²) in [5.74, 6) is -0.815. The van der Waals surface area contributed by atoms with Crippen LogP contribution in [-0.2, 0) is 4.79 Å². The molecule has 5 heteroatoms. The van der Waals surface area contributed by atoms with Crippen molar-refractivity contribution in [1.82, 2.24) is 0 Å². The van der Waals surface area contributed by atoms with E-state index in [-0.39, 0.29) is 5.75 Å². The molecule has 3 N–H and O–H groups in total. The minimum atomic E-state index is -1.00. The maximum absolute atomic E-state index is 9.76. The average Bonchev–Trinajstić information content (AvgIpc) is 2.59. The molecule has 0 spiro atoms. The number of carbonyl (C=O) groups is 1. The lowest BCUT2D eigenvalue weighted by Gasteiger charge is -1.96. The molecular formula is C7H11NO2S2. The number of carboxylic acid groups (broad SMARTS) is 1. The fraction of sp³-hybridized carbons (Fsp3) is 0.286. The van der Waals surface area contributed by atoms with Gasteiger partial charge in [0, 0.05) is 5.75 Å². The Bertz CT molecular complexity index is 184. The molecule has 1 aromatic rings. The van der Waals surface area contributed by atoms with Gasteiger partial charge in [0.1, 0.15) is 6.04 Å². The molecule has 0 fully saturated rings. The minimum Gasteiger partial charge on any atom is -0.480 e. The molecule has 1 atom stereocenters. The molecule has 12 heavy (non-hydrogen) atoms. The monoisotopic (exact) mass is 205 g/mol. The number of aliphatic carboxylic acids is 1. The molecule has 68 valence electrons. The Morgan fingerprint density at radius 3 is 2.17 bits per heavy atom.